The fraction of sp³-hybridized carbons (Fsp3) is 0.529. The highest BCUT2D eigenvalue weighted by Gasteiger charge is 2.27. The van der Waals surface area contributed by atoms with Crippen molar-refractivity contribution in [1.29, 1.82) is 0 Å². The van der Waals surface area contributed by atoms with Crippen molar-refractivity contribution >= 4 is 11.0 Å². The lowest BCUT2D eigenvalue weighted by atomic mass is 9.72. The molecule has 0 saturated heterocycles. The van der Waals surface area contributed by atoms with Crippen molar-refractivity contribution in [3.8, 4) is 0 Å². The number of hydrogen-bond acceptors (Lipinski definition) is 2. The Bertz CT molecular complexity index is 570. The molecule has 2 aromatic rings. The minimum absolute atomic E-state index is 0.0462. The Morgan fingerprint density at radius 1 is 1.05 bits per heavy atom. The summed E-state index contributed by atoms with van der Waals surface area (Å²) >= 11 is 0. The van der Waals surface area contributed by atoms with E-state index in [1.54, 1.807) is 0 Å². The molecule has 0 radical (unpaired) electrons. The molecule has 2 heteroatoms. The SMILES string of the molecule is CC(C)(C)CC(C)(C)c1ccc2oc(CO)cc2c1. The largest absolute Gasteiger partial charge is 0.459 e. The molecule has 0 unspecified atom stereocenters. The summed E-state index contributed by atoms with van der Waals surface area (Å²) in [6, 6.07) is 8.25. The van der Waals surface area contributed by atoms with Gasteiger partial charge in [0.1, 0.15) is 18.0 Å². The maximum atomic E-state index is 9.13. The van der Waals surface area contributed by atoms with Gasteiger partial charge in [0.05, 0.1) is 0 Å². The summed E-state index contributed by atoms with van der Waals surface area (Å²) in [7, 11) is 0. The van der Waals surface area contributed by atoms with Crippen molar-refractivity contribution < 1.29 is 9.52 Å². The molecule has 19 heavy (non-hydrogen) atoms. The summed E-state index contributed by atoms with van der Waals surface area (Å²) in [6.45, 7) is 11.3. The van der Waals surface area contributed by atoms with Crippen molar-refractivity contribution in [2.24, 2.45) is 5.41 Å². The molecule has 0 aliphatic carbocycles. The lowest BCUT2D eigenvalue weighted by molar-refractivity contribution is 0.251. The first-order valence-electron chi connectivity index (χ1n) is 6.85. The highest BCUT2D eigenvalue weighted by Crippen LogP contribution is 2.37. The van der Waals surface area contributed by atoms with Crippen LogP contribution in [0.15, 0.2) is 28.7 Å². The second-order valence-electron chi connectivity index (χ2n) is 7.24. The predicted molar refractivity (Wildman–Crippen MR) is 79.2 cm³/mol. The van der Waals surface area contributed by atoms with E-state index in [0.29, 0.717) is 11.2 Å². The molecule has 0 aliphatic rings. The quantitative estimate of drug-likeness (QED) is 0.872. The van der Waals surface area contributed by atoms with Crippen LogP contribution in [0.1, 0.15) is 52.4 Å². The first-order valence-corrected chi connectivity index (χ1v) is 6.85. The number of aliphatic hydroxyl groups is 1. The normalized spacial score (nSPS) is 13.2. The maximum absolute atomic E-state index is 9.13. The Morgan fingerprint density at radius 3 is 2.32 bits per heavy atom. The van der Waals surface area contributed by atoms with Crippen LogP contribution in [0.4, 0.5) is 0 Å². The smallest absolute Gasteiger partial charge is 0.134 e. The lowest BCUT2D eigenvalue weighted by Gasteiger charge is -2.33. The van der Waals surface area contributed by atoms with Crippen LogP contribution in [-0.4, -0.2) is 5.11 Å². The fourth-order valence-corrected chi connectivity index (χ4v) is 3.03. The van der Waals surface area contributed by atoms with E-state index in [1.807, 2.05) is 12.1 Å². The van der Waals surface area contributed by atoms with E-state index in [2.05, 4.69) is 46.8 Å². The van der Waals surface area contributed by atoms with Gasteiger partial charge in [0.25, 0.3) is 0 Å². The van der Waals surface area contributed by atoms with Gasteiger partial charge in [0.15, 0.2) is 0 Å². The summed E-state index contributed by atoms with van der Waals surface area (Å²) in [5.41, 5.74) is 2.59. The van der Waals surface area contributed by atoms with E-state index in [9.17, 15) is 0 Å². The molecule has 1 heterocycles. The van der Waals surface area contributed by atoms with E-state index in [4.69, 9.17) is 9.52 Å². The average Bonchev–Trinajstić information content (AvgIpc) is 2.67. The Hall–Kier alpha value is -1.28. The third kappa shape index (κ3) is 3.19. The third-order valence-electron chi connectivity index (χ3n) is 3.48. The van der Waals surface area contributed by atoms with Crippen molar-refractivity contribution in [2.45, 2.75) is 53.1 Å². The molecule has 2 rings (SSSR count). The average molecular weight is 260 g/mol. The number of benzene rings is 1. The highest BCUT2D eigenvalue weighted by molar-refractivity contribution is 5.79. The molecule has 1 aromatic carbocycles. The number of furan rings is 1. The van der Waals surface area contributed by atoms with E-state index in [0.717, 1.165) is 17.4 Å². The van der Waals surface area contributed by atoms with Gasteiger partial charge < -0.3 is 9.52 Å². The van der Waals surface area contributed by atoms with Crippen molar-refractivity contribution in [3.05, 3.63) is 35.6 Å². The summed E-state index contributed by atoms with van der Waals surface area (Å²) < 4.78 is 5.54. The minimum Gasteiger partial charge on any atom is -0.459 e. The van der Waals surface area contributed by atoms with Crippen LogP contribution in [0.25, 0.3) is 11.0 Å². The van der Waals surface area contributed by atoms with Gasteiger partial charge in [0, 0.05) is 5.39 Å². The van der Waals surface area contributed by atoms with Crippen molar-refractivity contribution in [3.63, 3.8) is 0 Å². The van der Waals surface area contributed by atoms with Crippen LogP contribution in [-0.2, 0) is 12.0 Å². The predicted octanol–water partition coefficient (Wildman–Crippen LogP) is 4.64. The molecule has 0 aliphatic heterocycles. The van der Waals surface area contributed by atoms with Crippen LogP contribution in [0.3, 0.4) is 0 Å². The summed E-state index contributed by atoms with van der Waals surface area (Å²) in [5, 5.41) is 10.2. The van der Waals surface area contributed by atoms with Gasteiger partial charge in [-0.05, 0) is 41.0 Å². The van der Waals surface area contributed by atoms with Gasteiger partial charge >= 0.3 is 0 Å². The van der Waals surface area contributed by atoms with Crippen LogP contribution < -0.4 is 0 Å². The number of rotatable bonds is 3. The van der Waals surface area contributed by atoms with Crippen LogP contribution in [0.5, 0.6) is 0 Å². The fourth-order valence-electron chi connectivity index (χ4n) is 3.03. The third-order valence-corrected chi connectivity index (χ3v) is 3.48. The number of hydrogen-bond donors (Lipinski definition) is 1. The Kier molecular flexibility index (Phi) is 3.48. The topological polar surface area (TPSA) is 33.4 Å². The summed E-state index contributed by atoms with van der Waals surface area (Å²) in [4.78, 5) is 0. The molecule has 0 atom stereocenters. The minimum atomic E-state index is -0.0462. The van der Waals surface area contributed by atoms with Crippen LogP contribution >= 0.6 is 0 Å². The summed E-state index contributed by atoms with van der Waals surface area (Å²) in [5.74, 6) is 0.626. The maximum Gasteiger partial charge on any atom is 0.134 e. The number of fused-ring (bicyclic) bond motifs is 1. The Balaban J connectivity index is 2.39. The molecule has 0 fully saturated rings. The van der Waals surface area contributed by atoms with Crippen molar-refractivity contribution in [2.75, 3.05) is 0 Å². The number of aliphatic hydroxyl groups excluding tert-OH is 1. The zero-order valence-electron chi connectivity index (χ0n) is 12.6. The second kappa shape index (κ2) is 4.68. The first-order chi connectivity index (χ1) is 8.71. The standard InChI is InChI=1S/C17H24O2/c1-16(2,3)11-17(4,5)13-6-7-15-12(8-13)9-14(10-18)19-15/h6-9,18H,10-11H2,1-5H3. The zero-order valence-corrected chi connectivity index (χ0v) is 12.6. The monoisotopic (exact) mass is 260 g/mol. The second-order valence-corrected chi connectivity index (χ2v) is 7.24. The molecule has 0 spiro atoms. The Labute approximate surface area is 115 Å². The van der Waals surface area contributed by atoms with Gasteiger partial charge in [-0.15, -0.1) is 0 Å². The molecule has 0 amide bonds. The van der Waals surface area contributed by atoms with Gasteiger partial charge in [0.2, 0.25) is 0 Å². The van der Waals surface area contributed by atoms with E-state index >= 15 is 0 Å². The molecule has 104 valence electrons. The highest BCUT2D eigenvalue weighted by atomic mass is 16.4. The van der Waals surface area contributed by atoms with E-state index < -0.39 is 0 Å². The molecule has 1 aromatic heterocycles. The van der Waals surface area contributed by atoms with Gasteiger partial charge in [-0.1, -0.05) is 40.7 Å². The molecule has 0 saturated carbocycles. The van der Waals surface area contributed by atoms with Crippen LogP contribution in [0, 0.1) is 5.41 Å². The van der Waals surface area contributed by atoms with Gasteiger partial charge in [-0.25, -0.2) is 0 Å². The molecular formula is C17H24O2. The van der Waals surface area contributed by atoms with Crippen LogP contribution in [0.2, 0.25) is 0 Å². The Morgan fingerprint density at radius 2 is 1.74 bits per heavy atom. The zero-order chi connectivity index (χ0) is 14.3. The summed E-state index contributed by atoms with van der Waals surface area (Å²) in [6.07, 6.45) is 1.12. The molecular weight excluding hydrogens is 236 g/mol. The van der Waals surface area contributed by atoms with E-state index in [-0.39, 0.29) is 12.0 Å². The lowest BCUT2D eigenvalue weighted by Crippen LogP contribution is -2.24. The molecule has 1 N–H and O–H groups in total. The molecule has 0 bridgehead atoms. The van der Waals surface area contributed by atoms with Gasteiger partial charge in [-0.3, -0.25) is 0 Å². The molecule has 2 nitrogen and oxygen atoms in total. The van der Waals surface area contributed by atoms with Crippen molar-refractivity contribution in [1.82, 2.24) is 0 Å². The van der Waals surface area contributed by atoms with E-state index in [1.165, 1.54) is 5.56 Å². The van der Waals surface area contributed by atoms with Gasteiger partial charge in [-0.2, -0.15) is 0 Å². The first kappa shape index (κ1) is 14.1.